The normalized spacial score (nSPS) is 10.8. The summed E-state index contributed by atoms with van der Waals surface area (Å²) in [5.74, 6) is 2.34. The molecule has 120 valence electrons. The highest BCUT2D eigenvalue weighted by atomic mass is 16.5. The minimum atomic E-state index is 0.738. The summed E-state index contributed by atoms with van der Waals surface area (Å²) >= 11 is 0. The van der Waals surface area contributed by atoms with E-state index in [4.69, 9.17) is 14.2 Å². The number of aromatic nitrogens is 1. The lowest BCUT2D eigenvalue weighted by atomic mass is 10.1. The molecule has 1 heterocycles. The second kappa shape index (κ2) is 5.88. The quantitative estimate of drug-likeness (QED) is 0.724. The maximum atomic E-state index is 5.43. The van der Waals surface area contributed by atoms with Crippen LogP contribution in [-0.2, 0) is 7.05 Å². The Morgan fingerprint density at radius 1 is 0.826 bits per heavy atom. The van der Waals surface area contributed by atoms with Gasteiger partial charge >= 0.3 is 0 Å². The Morgan fingerprint density at radius 3 is 2.00 bits per heavy atom. The van der Waals surface area contributed by atoms with Gasteiger partial charge in [-0.1, -0.05) is 0 Å². The van der Waals surface area contributed by atoms with E-state index in [1.54, 1.807) is 21.3 Å². The molecule has 4 heteroatoms. The SMILES string of the molecule is COc1ccc(-c2c(C)c3cc(OC)c(OC)cc3n2C)cc1. The molecule has 3 aromatic rings. The average molecular weight is 311 g/mol. The van der Waals surface area contributed by atoms with Gasteiger partial charge < -0.3 is 18.8 Å². The number of benzene rings is 2. The molecule has 0 unspecified atom stereocenters. The van der Waals surface area contributed by atoms with Crippen molar-refractivity contribution in [3.63, 3.8) is 0 Å². The van der Waals surface area contributed by atoms with E-state index in [0.29, 0.717) is 0 Å². The van der Waals surface area contributed by atoms with Gasteiger partial charge in [0, 0.05) is 18.5 Å². The highest BCUT2D eigenvalue weighted by Crippen LogP contribution is 2.39. The van der Waals surface area contributed by atoms with Crippen LogP contribution in [0.2, 0.25) is 0 Å². The van der Waals surface area contributed by atoms with E-state index in [1.165, 1.54) is 11.3 Å². The minimum absolute atomic E-state index is 0.738. The van der Waals surface area contributed by atoms with Crippen molar-refractivity contribution in [2.45, 2.75) is 6.92 Å². The fourth-order valence-corrected chi connectivity index (χ4v) is 3.10. The molecule has 0 spiro atoms. The first kappa shape index (κ1) is 15.3. The predicted octanol–water partition coefficient (Wildman–Crippen LogP) is 4.18. The van der Waals surface area contributed by atoms with Crippen LogP contribution in [0.1, 0.15) is 5.56 Å². The molecule has 0 aliphatic rings. The van der Waals surface area contributed by atoms with Crippen molar-refractivity contribution in [3.05, 3.63) is 42.0 Å². The number of aryl methyl sites for hydroxylation is 2. The smallest absolute Gasteiger partial charge is 0.162 e. The van der Waals surface area contributed by atoms with Gasteiger partial charge in [0.2, 0.25) is 0 Å². The first-order chi connectivity index (χ1) is 11.1. The maximum absolute atomic E-state index is 5.43. The van der Waals surface area contributed by atoms with Crippen molar-refractivity contribution >= 4 is 10.9 Å². The van der Waals surface area contributed by atoms with Crippen LogP contribution in [0.4, 0.5) is 0 Å². The fourth-order valence-electron chi connectivity index (χ4n) is 3.10. The van der Waals surface area contributed by atoms with Crippen LogP contribution >= 0.6 is 0 Å². The molecular formula is C19H21NO3. The van der Waals surface area contributed by atoms with Gasteiger partial charge in [-0.3, -0.25) is 0 Å². The topological polar surface area (TPSA) is 32.6 Å². The van der Waals surface area contributed by atoms with Gasteiger partial charge in [0.15, 0.2) is 11.5 Å². The van der Waals surface area contributed by atoms with Crippen LogP contribution in [0, 0.1) is 6.92 Å². The lowest BCUT2D eigenvalue weighted by Crippen LogP contribution is -1.94. The molecule has 4 nitrogen and oxygen atoms in total. The van der Waals surface area contributed by atoms with E-state index in [9.17, 15) is 0 Å². The van der Waals surface area contributed by atoms with Crippen LogP contribution in [0.15, 0.2) is 36.4 Å². The third kappa shape index (κ3) is 2.40. The maximum Gasteiger partial charge on any atom is 0.162 e. The standard InChI is InChI=1S/C19H21NO3/c1-12-15-10-17(22-4)18(23-5)11-16(15)20(2)19(12)13-6-8-14(21-3)9-7-13/h6-11H,1-5H3. The van der Waals surface area contributed by atoms with Crippen LogP contribution in [0.3, 0.4) is 0 Å². The predicted molar refractivity (Wildman–Crippen MR) is 92.7 cm³/mol. The molecule has 2 aromatic carbocycles. The van der Waals surface area contributed by atoms with Crippen LogP contribution in [-0.4, -0.2) is 25.9 Å². The monoisotopic (exact) mass is 311 g/mol. The van der Waals surface area contributed by atoms with E-state index < -0.39 is 0 Å². The molecule has 23 heavy (non-hydrogen) atoms. The van der Waals surface area contributed by atoms with Gasteiger partial charge in [-0.05, 0) is 48.4 Å². The molecule has 1 aromatic heterocycles. The second-order valence-corrected chi connectivity index (χ2v) is 5.49. The van der Waals surface area contributed by atoms with Crippen LogP contribution in [0.5, 0.6) is 17.2 Å². The summed E-state index contributed by atoms with van der Waals surface area (Å²) in [7, 11) is 7.06. The van der Waals surface area contributed by atoms with Crippen molar-refractivity contribution in [1.29, 1.82) is 0 Å². The van der Waals surface area contributed by atoms with Crippen LogP contribution < -0.4 is 14.2 Å². The van der Waals surface area contributed by atoms with Gasteiger partial charge in [-0.15, -0.1) is 0 Å². The zero-order chi connectivity index (χ0) is 16.6. The highest BCUT2D eigenvalue weighted by molar-refractivity contribution is 5.93. The Labute approximate surface area is 136 Å². The number of fused-ring (bicyclic) bond motifs is 1. The Hall–Kier alpha value is -2.62. The van der Waals surface area contributed by atoms with Gasteiger partial charge in [-0.25, -0.2) is 0 Å². The molecule has 3 rings (SSSR count). The van der Waals surface area contributed by atoms with E-state index in [1.807, 2.05) is 24.3 Å². The summed E-state index contributed by atoms with van der Waals surface area (Å²) in [4.78, 5) is 0. The Kier molecular flexibility index (Phi) is 3.90. The summed E-state index contributed by atoms with van der Waals surface area (Å²) in [6.07, 6.45) is 0. The van der Waals surface area contributed by atoms with Gasteiger partial charge in [0.25, 0.3) is 0 Å². The van der Waals surface area contributed by atoms with Gasteiger partial charge in [-0.2, -0.15) is 0 Å². The zero-order valence-corrected chi connectivity index (χ0v) is 14.1. The molecule has 0 saturated heterocycles. The van der Waals surface area contributed by atoms with Crippen molar-refractivity contribution in [3.8, 4) is 28.5 Å². The average Bonchev–Trinajstić information content (AvgIpc) is 2.84. The summed E-state index contributed by atoms with van der Waals surface area (Å²) in [5.41, 5.74) is 4.66. The summed E-state index contributed by atoms with van der Waals surface area (Å²) in [6, 6.07) is 12.2. The molecule has 0 fully saturated rings. The first-order valence-corrected chi connectivity index (χ1v) is 7.46. The highest BCUT2D eigenvalue weighted by Gasteiger charge is 2.17. The number of rotatable bonds is 4. The third-order valence-corrected chi connectivity index (χ3v) is 4.32. The molecule has 0 N–H and O–H groups in total. The van der Waals surface area contributed by atoms with E-state index in [2.05, 4.69) is 30.7 Å². The van der Waals surface area contributed by atoms with Gasteiger partial charge in [0.05, 0.1) is 32.5 Å². The number of ether oxygens (including phenoxy) is 3. The molecule has 0 atom stereocenters. The van der Waals surface area contributed by atoms with Crippen LogP contribution in [0.25, 0.3) is 22.2 Å². The zero-order valence-electron chi connectivity index (χ0n) is 14.1. The van der Waals surface area contributed by atoms with E-state index >= 15 is 0 Å². The molecule has 0 aliphatic heterocycles. The lowest BCUT2D eigenvalue weighted by Gasteiger charge is -2.09. The number of methoxy groups -OCH3 is 3. The first-order valence-electron chi connectivity index (χ1n) is 7.46. The Bertz CT molecular complexity index is 800. The second-order valence-electron chi connectivity index (χ2n) is 5.49. The largest absolute Gasteiger partial charge is 0.497 e. The van der Waals surface area contributed by atoms with E-state index in [-0.39, 0.29) is 0 Å². The minimum Gasteiger partial charge on any atom is -0.497 e. The molecule has 0 bridgehead atoms. The molecule has 0 amide bonds. The van der Waals surface area contributed by atoms with Crippen molar-refractivity contribution in [2.75, 3.05) is 21.3 Å². The Balaban J connectivity index is 2.24. The lowest BCUT2D eigenvalue weighted by molar-refractivity contribution is 0.355. The summed E-state index contributed by atoms with van der Waals surface area (Å²) < 4.78 is 18.3. The fraction of sp³-hybridized carbons (Fsp3) is 0.263. The molecular weight excluding hydrogens is 290 g/mol. The summed E-state index contributed by atoms with van der Waals surface area (Å²) in [6.45, 7) is 2.13. The van der Waals surface area contributed by atoms with Crippen molar-refractivity contribution in [1.82, 2.24) is 4.57 Å². The van der Waals surface area contributed by atoms with E-state index in [0.717, 1.165) is 33.7 Å². The van der Waals surface area contributed by atoms with Crippen molar-refractivity contribution < 1.29 is 14.2 Å². The molecule has 0 aliphatic carbocycles. The molecule has 0 saturated carbocycles. The number of hydrogen-bond acceptors (Lipinski definition) is 3. The van der Waals surface area contributed by atoms with Crippen molar-refractivity contribution in [2.24, 2.45) is 7.05 Å². The number of nitrogens with zero attached hydrogens (tertiary/aromatic N) is 1. The Morgan fingerprint density at radius 2 is 1.43 bits per heavy atom. The summed E-state index contributed by atoms with van der Waals surface area (Å²) in [5, 5.41) is 1.16. The van der Waals surface area contributed by atoms with Gasteiger partial charge in [0.1, 0.15) is 5.75 Å². The third-order valence-electron chi connectivity index (χ3n) is 4.32. The molecule has 0 radical (unpaired) electrons. The number of hydrogen-bond donors (Lipinski definition) is 0.